The molecular weight excluding hydrogens is 358 g/mol. The lowest BCUT2D eigenvalue weighted by molar-refractivity contribution is 0.0778. The fraction of sp³-hybridized carbons (Fsp3) is 0.412. The maximum absolute atomic E-state index is 12.6. The normalized spacial score (nSPS) is 10.8. The van der Waals surface area contributed by atoms with Crippen molar-refractivity contribution in [3.05, 3.63) is 46.2 Å². The third kappa shape index (κ3) is 4.20. The molecule has 0 aliphatic heterocycles. The number of carbonyl (C=O) groups excluding carboxylic acids is 1. The molecule has 1 aromatic carbocycles. The van der Waals surface area contributed by atoms with Crippen LogP contribution in [0.5, 0.6) is 0 Å². The summed E-state index contributed by atoms with van der Waals surface area (Å²) in [6.07, 6.45) is 3.22. The minimum Gasteiger partial charge on any atom is -0.385 e. The van der Waals surface area contributed by atoms with E-state index >= 15 is 0 Å². The van der Waals surface area contributed by atoms with Gasteiger partial charge in [-0.1, -0.05) is 22.9 Å². The van der Waals surface area contributed by atoms with Gasteiger partial charge in [0, 0.05) is 31.8 Å². The zero-order chi connectivity index (χ0) is 16.8. The van der Waals surface area contributed by atoms with Crippen LogP contribution in [0.2, 0.25) is 0 Å². The fourth-order valence-corrected chi connectivity index (χ4v) is 2.71. The summed E-state index contributed by atoms with van der Waals surface area (Å²) in [6, 6.07) is 7.89. The Kier molecular flexibility index (Phi) is 6.36. The van der Waals surface area contributed by atoms with Gasteiger partial charge in [-0.2, -0.15) is 5.10 Å². The van der Waals surface area contributed by atoms with Crippen LogP contribution in [0.3, 0.4) is 0 Å². The molecule has 0 aliphatic rings. The van der Waals surface area contributed by atoms with Crippen LogP contribution >= 0.6 is 15.9 Å². The molecule has 1 amide bonds. The SMILES string of the molecule is CCc1c(C(=O)N(C)CCCOC)cnn1-c1ccc(Br)cc1. The molecule has 0 fully saturated rings. The average molecular weight is 380 g/mol. The van der Waals surface area contributed by atoms with Crippen LogP contribution in [0, 0.1) is 0 Å². The lowest BCUT2D eigenvalue weighted by atomic mass is 10.1. The summed E-state index contributed by atoms with van der Waals surface area (Å²) in [6.45, 7) is 3.35. The van der Waals surface area contributed by atoms with Gasteiger partial charge in [0.05, 0.1) is 23.1 Å². The summed E-state index contributed by atoms with van der Waals surface area (Å²) in [4.78, 5) is 14.4. The first-order valence-corrected chi connectivity index (χ1v) is 8.45. The molecule has 0 N–H and O–H groups in total. The zero-order valence-electron chi connectivity index (χ0n) is 13.8. The number of ether oxygens (including phenoxy) is 1. The number of amides is 1. The molecule has 0 saturated heterocycles. The average Bonchev–Trinajstić information content (AvgIpc) is 2.98. The second-order valence-electron chi connectivity index (χ2n) is 5.32. The minimum atomic E-state index is 0.00122. The highest BCUT2D eigenvalue weighted by molar-refractivity contribution is 9.10. The Morgan fingerprint density at radius 3 is 2.65 bits per heavy atom. The van der Waals surface area contributed by atoms with Gasteiger partial charge in [-0.3, -0.25) is 4.79 Å². The minimum absolute atomic E-state index is 0.00122. The summed E-state index contributed by atoms with van der Waals surface area (Å²) in [5.41, 5.74) is 2.54. The maximum atomic E-state index is 12.6. The molecule has 0 saturated carbocycles. The van der Waals surface area contributed by atoms with Gasteiger partial charge < -0.3 is 9.64 Å². The van der Waals surface area contributed by atoms with E-state index in [1.54, 1.807) is 18.2 Å². The van der Waals surface area contributed by atoms with Gasteiger partial charge in [-0.15, -0.1) is 0 Å². The quantitative estimate of drug-likeness (QED) is 0.693. The van der Waals surface area contributed by atoms with E-state index in [0.717, 1.165) is 28.7 Å². The largest absolute Gasteiger partial charge is 0.385 e. The zero-order valence-corrected chi connectivity index (χ0v) is 15.3. The molecule has 6 heteroatoms. The molecule has 1 aromatic heterocycles. The van der Waals surface area contributed by atoms with Crippen LogP contribution in [-0.2, 0) is 11.2 Å². The maximum Gasteiger partial charge on any atom is 0.257 e. The van der Waals surface area contributed by atoms with Gasteiger partial charge in [0.25, 0.3) is 5.91 Å². The topological polar surface area (TPSA) is 47.4 Å². The Balaban J connectivity index is 2.23. The van der Waals surface area contributed by atoms with Gasteiger partial charge in [0.2, 0.25) is 0 Å². The van der Waals surface area contributed by atoms with Gasteiger partial charge in [-0.25, -0.2) is 4.68 Å². The van der Waals surface area contributed by atoms with Crippen molar-refractivity contribution in [3.63, 3.8) is 0 Å². The molecule has 1 heterocycles. The van der Waals surface area contributed by atoms with Crippen LogP contribution < -0.4 is 0 Å². The number of benzene rings is 1. The van der Waals surface area contributed by atoms with Crippen molar-refractivity contribution in [2.45, 2.75) is 19.8 Å². The third-order valence-electron chi connectivity index (χ3n) is 3.69. The van der Waals surface area contributed by atoms with Gasteiger partial charge in [0.1, 0.15) is 0 Å². The molecule has 0 radical (unpaired) electrons. The highest BCUT2D eigenvalue weighted by Gasteiger charge is 2.20. The van der Waals surface area contributed by atoms with Gasteiger partial charge in [-0.05, 0) is 37.1 Å². The van der Waals surface area contributed by atoms with E-state index in [4.69, 9.17) is 4.74 Å². The molecule has 0 spiro atoms. The number of nitrogens with zero attached hydrogens (tertiary/aromatic N) is 3. The highest BCUT2D eigenvalue weighted by Crippen LogP contribution is 2.19. The lowest BCUT2D eigenvalue weighted by Crippen LogP contribution is -2.29. The van der Waals surface area contributed by atoms with Crippen LogP contribution in [0.25, 0.3) is 5.69 Å². The van der Waals surface area contributed by atoms with Crippen molar-refractivity contribution in [1.82, 2.24) is 14.7 Å². The number of rotatable bonds is 7. The first-order chi connectivity index (χ1) is 11.1. The molecule has 5 nitrogen and oxygen atoms in total. The summed E-state index contributed by atoms with van der Waals surface area (Å²) < 4.78 is 7.89. The number of methoxy groups -OCH3 is 1. The van der Waals surface area contributed by atoms with Crippen molar-refractivity contribution in [3.8, 4) is 5.69 Å². The highest BCUT2D eigenvalue weighted by atomic mass is 79.9. The van der Waals surface area contributed by atoms with Crippen LogP contribution in [0.1, 0.15) is 29.4 Å². The van der Waals surface area contributed by atoms with E-state index < -0.39 is 0 Å². The van der Waals surface area contributed by atoms with Gasteiger partial charge in [0.15, 0.2) is 0 Å². The molecule has 0 bridgehead atoms. The summed E-state index contributed by atoms with van der Waals surface area (Å²) in [7, 11) is 3.48. The smallest absolute Gasteiger partial charge is 0.257 e. The van der Waals surface area contributed by atoms with E-state index in [9.17, 15) is 4.79 Å². The number of carbonyl (C=O) groups is 1. The second-order valence-corrected chi connectivity index (χ2v) is 6.24. The summed E-state index contributed by atoms with van der Waals surface area (Å²) >= 11 is 3.43. The van der Waals surface area contributed by atoms with Crippen molar-refractivity contribution >= 4 is 21.8 Å². The number of hydrogen-bond acceptors (Lipinski definition) is 3. The molecule has 23 heavy (non-hydrogen) atoms. The number of aromatic nitrogens is 2. The molecule has 0 unspecified atom stereocenters. The van der Waals surface area contributed by atoms with Crippen LogP contribution in [-0.4, -0.2) is 47.9 Å². The summed E-state index contributed by atoms with van der Waals surface area (Å²) in [5, 5.41) is 4.42. The first-order valence-electron chi connectivity index (χ1n) is 7.65. The molecule has 0 atom stereocenters. The van der Waals surface area contributed by atoms with Gasteiger partial charge >= 0.3 is 0 Å². The predicted octanol–water partition coefficient (Wildman–Crippen LogP) is 3.31. The van der Waals surface area contributed by atoms with E-state index in [-0.39, 0.29) is 5.91 Å². The Morgan fingerprint density at radius 2 is 2.04 bits per heavy atom. The van der Waals surface area contributed by atoms with Crippen molar-refractivity contribution < 1.29 is 9.53 Å². The standard InChI is InChI=1S/C17H22BrN3O2/c1-4-16-15(17(22)20(2)10-5-11-23-3)12-19-21(16)14-8-6-13(18)7-9-14/h6-9,12H,4-5,10-11H2,1-3H3. The Morgan fingerprint density at radius 1 is 1.35 bits per heavy atom. The lowest BCUT2D eigenvalue weighted by Gasteiger charge is -2.17. The Bertz CT molecular complexity index is 652. The van der Waals surface area contributed by atoms with E-state index in [1.165, 1.54) is 0 Å². The molecule has 124 valence electrons. The number of halogens is 1. The fourth-order valence-electron chi connectivity index (χ4n) is 2.45. The summed E-state index contributed by atoms with van der Waals surface area (Å²) in [5.74, 6) is 0.00122. The van der Waals surface area contributed by atoms with Crippen molar-refractivity contribution in [2.75, 3.05) is 27.3 Å². The van der Waals surface area contributed by atoms with Crippen LogP contribution in [0.15, 0.2) is 34.9 Å². The Labute approximate surface area is 145 Å². The van der Waals surface area contributed by atoms with Crippen molar-refractivity contribution in [1.29, 1.82) is 0 Å². The van der Waals surface area contributed by atoms with E-state index in [0.29, 0.717) is 18.7 Å². The predicted molar refractivity (Wildman–Crippen MR) is 94.1 cm³/mol. The monoisotopic (exact) mass is 379 g/mol. The molecule has 2 rings (SSSR count). The van der Waals surface area contributed by atoms with E-state index in [1.807, 2.05) is 42.9 Å². The number of hydrogen-bond donors (Lipinski definition) is 0. The molecule has 0 aliphatic carbocycles. The van der Waals surface area contributed by atoms with Crippen molar-refractivity contribution in [2.24, 2.45) is 0 Å². The molecular formula is C17H22BrN3O2. The first kappa shape index (κ1) is 17.7. The van der Waals surface area contributed by atoms with E-state index in [2.05, 4.69) is 21.0 Å². The third-order valence-corrected chi connectivity index (χ3v) is 4.22. The second kappa shape index (κ2) is 8.26. The molecule has 2 aromatic rings. The van der Waals surface area contributed by atoms with Crippen LogP contribution in [0.4, 0.5) is 0 Å². The Hall–Kier alpha value is -1.66.